The number of carbonyl (C=O) groups is 1. The Morgan fingerprint density at radius 3 is 2.50 bits per heavy atom. The monoisotopic (exact) mass is 588 g/mol. The Kier molecular flexibility index (Phi) is 7.45. The molecular formula is C28H18Cl2F4N4O2. The van der Waals surface area contributed by atoms with Gasteiger partial charge < -0.3 is 5.32 Å². The van der Waals surface area contributed by atoms with Crippen LogP contribution in [0.1, 0.15) is 35.1 Å². The molecule has 5 rings (SSSR count). The van der Waals surface area contributed by atoms with Gasteiger partial charge in [-0.3, -0.25) is 9.78 Å². The minimum Gasteiger partial charge on any atom is -0.352 e. The van der Waals surface area contributed by atoms with Gasteiger partial charge in [0.1, 0.15) is 5.82 Å². The van der Waals surface area contributed by atoms with Gasteiger partial charge >= 0.3 is 11.9 Å². The number of nitrogens with zero attached hydrogens (tertiary/aromatic N) is 2. The molecule has 0 unspecified atom stereocenters. The number of hydrogen-bond donors (Lipinski definition) is 2. The van der Waals surface area contributed by atoms with Crippen molar-refractivity contribution in [2.24, 2.45) is 5.92 Å². The molecule has 2 N–H and O–H groups in total. The third-order valence-electron chi connectivity index (χ3n) is 6.13. The number of aromatic amines is 1. The number of alkyl halides is 3. The lowest BCUT2D eigenvalue weighted by molar-refractivity contribution is -0.137. The predicted octanol–water partition coefficient (Wildman–Crippen LogP) is 6.12. The average molecular weight is 589 g/mol. The summed E-state index contributed by atoms with van der Waals surface area (Å²) in [6.07, 6.45) is -2.79. The third kappa shape index (κ3) is 6.06. The molecule has 1 fully saturated rings. The first-order valence-electron chi connectivity index (χ1n) is 11.9. The largest absolute Gasteiger partial charge is 0.416 e. The van der Waals surface area contributed by atoms with E-state index in [0.29, 0.717) is 5.56 Å². The number of nitrogens with one attached hydrogen (secondary N) is 2. The van der Waals surface area contributed by atoms with Crippen LogP contribution in [0.15, 0.2) is 59.4 Å². The Hall–Kier alpha value is -4.07. The zero-order chi connectivity index (χ0) is 28.6. The summed E-state index contributed by atoms with van der Waals surface area (Å²) in [6.45, 7) is 0.250. The zero-order valence-corrected chi connectivity index (χ0v) is 21.9. The van der Waals surface area contributed by atoms with Crippen molar-refractivity contribution in [1.29, 1.82) is 0 Å². The van der Waals surface area contributed by atoms with Crippen LogP contribution in [-0.2, 0) is 17.5 Å². The first-order valence-corrected chi connectivity index (χ1v) is 12.7. The number of amides is 1. The van der Waals surface area contributed by atoms with Gasteiger partial charge in [0.2, 0.25) is 5.91 Å². The Morgan fingerprint density at radius 1 is 1.05 bits per heavy atom. The number of H-pyrrole nitrogens is 1. The van der Waals surface area contributed by atoms with Gasteiger partial charge in [-0.25, -0.2) is 9.18 Å². The number of halogens is 6. The van der Waals surface area contributed by atoms with Gasteiger partial charge in [-0.1, -0.05) is 41.1 Å². The Balaban J connectivity index is 1.37. The molecule has 1 aliphatic rings. The van der Waals surface area contributed by atoms with Gasteiger partial charge in [-0.15, -0.1) is 5.10 Å². The normalized spacial score (nSPS) is 13.1. The molecule has 6 nitrogen and oxygen atoms in total. The van der Waals surface area contributed by atoms with Crippen molar-refractivity contribution in [3.8, 4) is 28.9 Å². The van der Waals surface area contributed by atoms with E-state index in [0.717, 1.165) is 41.8 Å². The Bertz CT molecular complexity index is 1750. The molecule has 0 bridgehead atoms. The van der Waals surface area contributed by atoms with E-state index in [9.17, 15) is 22.8 Å². The summed E-state index contributed by atoms with van der Waals surface area (Å²) in [6, 6.07) is 11.6. The van der Waals surface area contributed by atoms with Gasteiger partial charge in [-0.05, 0) is 66.9 Å². The molecule has 0 aliphatic heterocycles. The molecule has 0 atom stereocenters. The molecule has 1 heterocycles. The molecule has 3 aromatic carbocycles. The number of aromatic nitrogens is 3. The lowest BCUT2D eigenvalue weighted by Crippen LogP contribution is -2.24. The van der Waals surface area contributed by atoms with E-state index < -0.39 is 23.2 Å². The van der Waals surface area contributed by atoms with Crippen molar-refractivity contribution in [2.75, 3.05) is 0 Å². The molecule has 0 spiro atoms. The van der Waals surface area contributed by atoms with Crippen LogP contribution in [0.4, 0.5) is 17.6 Å². The highest BCUT2D eigenvalue weighted by molar-refractivity contribution is 6.32. The van der Waals surface area contributed by atoms with Gasteiger partial charge in [-0.2, -0.15) is 17.9 Å². The van der Waals surface area contributed by atoms with Crippen LogP contribution in [-0.4, -0.2) is 20.7 Å². The molecule has 4 aromatic rings. The van der Waals surface area contributed by atoms with E-state index in [-0.39, 0.29) is 56.6 Å². The highest BCUT2D eigenvalue weighted by atomic mass is 35.5. The lowest BCUT2D eigenvalue weighted by Gasteiger charge is -2.08. The van der Waals surface area contributed by atoms with Crippen molar-refractivity contribution in [2.45, 2.75) is 25.6 Å². The van der Waals surface area contributed by atoms with Gasteiger partial charge in [0.25, 0.3) is 0 Å². The van der Waals surface area contributed by atoms with Crippen LogP contribution in [0, 0.1) is 23.6 Å². The third-order valence-corrected chi connectivity index (χ3v) is 6.77. The second-order valence-corrected chi connectivity index (χ2v) is 9.92. The van der Waals surface area contributed by atoms with Crippen LogP contribution >= 0.6 is 23.2 Å². The minimum atomic E-state index is -4.54. The second kappa shape index (κ2) is 10.8. The zero-order valence-electron chi connectivity index (χ0n) is 20.4. The first-order chi connectivity index (χ1) is 19.0. The molecule has 204 valence electrons. The standard InChI is InChI=1S/C28H18Cl2F4N4O2/c29-21-10-3-16(14-35-26(39)18-5-6-18)12-24(21)38-27(40)36-25(37-38)20-9-2-15(11-23(20)31)1-4-17-7-8-19(13-22(17)30)28(32,33)34/h2-3,7-13,18H,5-6,14H2,(H,35,39)(H,36,37,40). The van der Waals surface area contributed by atoms with Crippen LogP contribution in [0.25, 0.3) is 17.1 Å². The smallest absolute Gasteiger partial charge is 0.352 e. The average Bonchev–Trinajstić information content (AvgIpc) is 3.69. The molecule has 0 saturated heterocycles. The maximum Gasteiger partial charge on any atom is 0.416 e. The van der Waals surface area contributed by atoms with E-state index in [1.165, 1.54) is 12.1 Å². The van der Waals surface area contributed by atoms with Gasteiger partial charge in [0.05, 0.1) is 26.9 Å². The molecule has 40 heavy (non-hydrogen) atoms. The van der Waals surface area contributed by atoms with Crippen LogP contribution in [0.2, 0.25) is 10.0 Å². The highest BCUT2D eigenvalue weighted by Crippen LogP contribution is 2.32. The molecule has 1 amide bonds. The number of benzene rings is 3. The van der Waals surface area contributed by atoms with Crippen LogP contribution in [0.5, 0.6) is 0 Å². The topological polar surface area (TPSA) is 79.8 Å². The second-order valence-electron chi connectivity index (χ2n) is 9.11. The Labute approximate surface area is 234 Å². The number of rotatable bonds is 5. The van der Waals surface area contributed by atoms with E-state index in [4.69, 9.17) is 23.2 Å². The fourth-order valence-corrected chi connectivity index (χ4v) is 4.26. The summed E-state index contributed by atoms with van der Waals surface area (Å²) in [5.41, 5.74) is -0.248. The van der Waals surface area contributed by atoms with Crippen LogP contribution in [0.3, 0.4) is 0 Å². The van der Waals surface area contributed by atoms with Crippen molar-refractivity contribution in [3.63, 3.8) is 0 Å². The quantitative estimate of drug-likeness (QED) is 0.218. The van der Waals surface area contributed by atoms with E-state index in [1.807, 2.05) is 0 Å². The van der Waals surface area contributed by atoms with Crippen molar-refractivity contribution in [3.05, 3.63) is 103 Å². The summed E-state index contributed by atoms with van der Waals surface area (Å²) in [4.78, 5) is 27.1. The van der Waals surface area contributed by atoms with E-state index in [1.54, 1.807) is 18.2 Å². The summed E-state index contributed by atoms with van der Waals surface area (Å²) < 4.78 is 54.5. The summed E-state index contributed by atoms with van der Waals surface area (Å²) >= 11 is 12.2. The summed E-state index contributed by atoms with van der Waals surface area (Å²) in [5, 5.41) is 7.08. The fourth-order valence-electron chi connectivity index (χ4n) is 3.84. The SMILES string of the molecule is O=C(NCc1ccc(Cl)c(-n2nc(-c3ccc(C#Cc4ccc(C(F)(F)F)cc4Cl)cc3F)[nH]c2=O)c1)C1CC1. The van der Waals surface area contributed by atoms with Crippen LogP contribution < -0.4 is 11.0 Å². The molecule has 1 aromatic heterocycles. The summed E-state index contributed by atoms with van der Waals surface area (Å²) in [5.74, 6) is 4.53. The van der Waals surface area contributed by atoms with Gasteiger partial charge in [0.15, 0.2) is 5.82 Å². The predicted molar refractivity (Wildman–Crippen MR) is 142 cm³/mol. The molecule has 1 aliphatic carbocycles. The number of hydrogen-bond acceptors (Lipinski definition) is 3. The maximum absolute atomic E-state index is 15.0. The highest BCUT2D eigenvalue weighted by Gasteiger charge is 2.31. The molecule has 1 saturated carbocycles. The van der Waals surface area contributed by atoms with Crippen molar-refractivity contribution < 1.29 is 22.4 Å². The van der Waals surface area contributed by atoms with Crippen molar-refractivity contribution in [1.82, 2.24) is 20.1 Å². The fraction of sp³-hybridized carbons (Fsp3) is 0.179. The first kappa shape index (κ1) is 27.5. The summed E-state index contributed by atoms with van der Waals surface area (Å²) in [7, 11) is 0. The van der Waals surface area contributed by atoms with Gasteiger partial charge in [0, 0.05) is 23.6 Å². The van der Waals surface area contributed by atoms with E-state index in [2.05, 4.69) is 27.2 Å². The maximum atomic E-state index is 15.0. The minimum absolute atomic E-state index is 0.0158. The van der Waals surface area contributed by atoms with Crippen molar-refractivity contribution >= 4 is 29.1 Å². The Morgan fingerprint density at radius 2 is 1.82 bits per heavy atom. The van der Waals surface area contributed by atoms with E-state index >= 15 is 4.39 Å². The molecular weight excluding hydrogens is 571 g/mol. The number of carbonyl (C=O) groups excluding carboxylic acids is 1. The lowest BCUT2D eigenvalue weighted by atomic mass is 10.1. The molecule has 0 radical (unpaired) electrons. The molecule has 12 heteroatoms.